The highest BCUT2D eigenvalue weighted by Crippen LogP contribution is 2.24. The van der Waals surface area contributed by atoms with Crippen LogP contribution in [-0.4, -0.2) is 5.11 Å². The van der Waals surface area contributed by atoms with E-state index in [1.165, 1.54) is 0 Å². The Hall–Kier alpha value is -1.06. The molecule has 0 aliphatic rings. The second-order valence-corrected chi connectivity index (χ2v) is 3.89. The van der Waals surface area contributed by atoms with Gasteiger partial charge in [0.25, 0.3) is 0 Å². The zero-order valence-electron chi connectivity index (χ0n) is 7.35. The molecule has 0 aliphatic carbocycles. The van der Waals surface area contributed by atoms with Crippen molar-refractivity contribution in [2.45, 2.75) is 6.10 Å². The van der Waals surface area contributed by atoms with E-state index in [-0.39, 0.29) is 0 Å². The number of rotatable bonds is 2. The minimum Gasteiger partial charge on any atom is -0.466 e. The zero-order valence-corrected chi connectivity index (χ0v) is 8.94. The maximum Gasteiger partial charge on any atom is 0.137 e. The fourth-order valence-corrected chi connectivity index (χ4v) is 1.70. The Balaban J connectivity index is 2.32. The molecule has 0 amide bonds. The molecule has 2 aromatic rings. The van der Waals surface area contributed by atoms with Crippen molar-refractivity contribution in [1.82, 2.24) is 0 Å². The lowest BCUT2D eigenvalue weighted by molar-refractivity contribution is 0.189. The Morgan fingerprint density at radius 1 is 1.21 bits per heavy atom. The van der Waals surface area contributed by atoms with Crippen molar-refractivity contribution >= 4 is 15.9 Å². The van der Waals surface area contributed by atoms with E-state index in [1.54, 1.807) is 18.4 Å². The summed E-state index contributed by atoms with van der Waals surface area (Å²) in [4.78, 5) is 0. The summed E-state index contributed by atoms with van der Waals surface area (Å²) in [6, 6.07) is 11.0. The number of hydrogen-bond acceptors (Lipinski definition) is 2. The average molecular weight is 253 g/mol. The minimum absolute atomic E-state index is 0.558. The number of halogens is 1. The van der Waals surface area contributed by atoms with Crippen LogP contribution in [0.4, 0.5) is 0 Å². The minimum atomic E-state index is -0.692. The maximum atomic E-state index is 9.89. The van der Waals surface area contributed by atoms with Gasteiger partial charge >= 0.3 is 0 Å². The van der Waals surface area contributed by atoms with E-state index < -0.39 is 6.10 Å². The summed E-state index contributed by atoms with van der Waals surface area (Å²) in [5.41, 5.74) is 0.814. The second kappa shape index (κ2) is 3.98. The molecule has 1 aromatic heterocycles. The van der Waals surface area contributed by atoms with Gasteiger partial charge in [-0.2, -0.15) is 0 Å². The number of aliphatic hydroxyl groups excluding tert-OH is 1. The molecular formula is C11H9BrO2. The topological polar surface area (TPSA) is 33.4 Å². The number of benzene rings is 1. The third-order valence-corrected chi connectivity index (χ3v) is 2.47. The van der Waals surface area contributed by atoms with Gasteiger partial charge in [0.2, 0.25) is 0 Å². The van der Waals surface area contributed by atoms with Gasteiger partial charge in [0, 0.05) is 4.47 Å². The molecule has 0 spiro atoms. The van der Waals surface area contributed by atoms with Crippen LogP contribution in [0.25, 0.3) is 0 Å². The first-order valence-corrected chi connectivity index (χ1v) is 5.03. The van der Waals surface area contributed by atoms with E-state index in [2.05, 4.69) is 15.9 Å². The number of hydrogen-bond donors (Lipinski definition) is 1. The average Bonchev–Trinajstić information content (AvgIpc) is 2.69. The van der Waals surface area contributed by atoms with Gasteiger partial charge in [-0.05, 0) is 29.8 Å². The Morgan fingerprint density at radius 2 is 2.07 bits per heavy atom. The predicted octanol–water partition coefficient (Wildman–Crippen LogP) is 3.12. The van der Waals surface area contributed by atoms with Crippen LogP contribution < -0.4 is 0 Å². The van der Waals surface area contributed by atoms with Gasteiger partial charge in [0.05, 0.1) is 6.26 Å². The molecule has 2 rings (SSSR count). The van der Waals surface area contributed by atoms with E-state index in [0.717, 1.165) is 10.0 Å². The highest BCUT2D eigenvalue weighted by molar-refractivity contribution is 9.10. The van der Waals surface area contributed by atoms with Crippen molar-refractivity contribution in [1.29, 1.82) is 0 Å². The summed E-state index contributed by atoms with van der Waals surface area (Å²) in [5.74, 6) is 0.558. The Kier molecular flexibility index (Phi) is 2.70. The molecule has 14 heavy (non-hydrogen) atoms. The van der Waals surface area contributed by atoms with Crippen molar-refractivity contribution in [3.8, 4) is 0 Å². The van der Waals surface area contributed by atoms with E-state index in [9.17, 15) is 5.11 Å². The Morgan fingerprint density at radius 3 is 2.71 bits per heavy atom. The molecule has 2 nitrogen and oxygen atoms in total. The monoisotopic (exact) mass is 252 g/mol. The maximum absolute atomic E-state index is 9.89. The molecule has 1 atom stereocenters. The van der Waals surface area contributed by atoms with Crippen molar-refractivity contribution in [3.05, 3.63) is 58.5 Å². The van der Waals surface area contributed by atoms with Gasteiger partial charge in [0.15, 0.2) is 0 Å². The lowest BCUT2D eigenvalue weighted by Gasteiger charge is -2.07. The van der Waals surface area contributed by atoms with Gasteiger partial charge in [-0.25, -0.2) is 0 Å². The van der Waals surface area contributed by atoms with E-state index >= 15 is 0 Å². The second-order valence-electron chi connectivity index (χ2n) is 2.97. The molecule has 0 saturated carbocycles. The molecule has 1 unspecified atom stereocenters. The normalized spacial score (nSPS) is 12.7. The van der Waals surface area contributed by atoms with E-state index in [0.29, 0.717) is 5.76 Å². The molecule has 72 valence electrons. The van der Waals surface area contributed by atoms with E-state index in [4.69, 9.17) is 4.42 Å². The van der Waals surface area contributed by atoms with Crippen LogP contribution in [0, 0.1) is 0 Å². The zero-order chi connectivity index (χ0) is 9.97. The van der Waals surface area contributed by atoms with Crippen LogP contribution in [0.3, 0.4) is 0 Å². The first-order chi connectivity index (χ1) is 6.77. The summed E-state index contributed by atoms with van der Waals surface area (Å²) in [6.07, 6.45) is 0.860. The van der Waals surface area contributed by atoms with Crippen LogP contribution in [0.1, 0.15) is 17.4 Å². The molecular weight excluding hydrogens is 244 g/mol. The van der Waals surface area contributed by atoms with Crippen LogP contribution in [0.15, 0.2) is 51.6 Å². The van der Waals surface area contributed by atoms with Crippen molar-refractivity contribution in [2.75, 3.05) is 0 Å². The molecule has 1 N–H and O–H groups in total. The molecule has 0 radical (unpaired) electrons. The van der Waals surface area contributed by atoms with Gasteiger partial charge in [-0.3, -0.25) is 0 Å². The predicted molar refractivity (Wildman–Crippen MR) is 56.9 cm³/mol. The third kappa shape index (κ3) is 1.89. The third-order valence-electron chi connectivity index (χ3n) is 1.98. The van der Waals surface area contributed by atoms with Gasteiger partial charge in [-0.15, -0.1) is 0 Å². The number of furan rings is 1. The standard InChI is InChI=1S/C11H9BrO2/c12-9-4-1-3-8(7-9)11(13)10-5-2-6-14-10/h1-7,11,13H. The molecule has 3 heteroatoms. The fraction of sp³-hybridized carbons (Fsp3) is 0.0909. The van der Waals surface area contributed by atoms with Crippen molar-refractivity contribution in [2.24, 2.45) is 0 Å². The van der Waals surface area contributed by atoms with Crippen molar-refractivity contribution < 1.29 is 9.52 Å². The van der Waals surface area contributed by atoms with Crippen LogP contribution in [0.5, 0.6) is 0 Å². The quantitative estimate of drug-likeness (QED) is 0.891. The van der Waals surface area contributed by atoms with Gasteiger partial charge in [-0.1, -0.05) is 28.1 Å². The SMILES string of the molecule is OC(c1cccc(Br)c1)c1ccco1. The molecule has 0 aliphatic heterocycles. The molecule has 0 saturated heterocycles. The molecule has 1 aromatic carbocycles. The Bertz CT molecular complexity index is 409. The van der Waals surface area contributed by atoms with Crippen LogP contribution in [-0.2, 0) is 0 Å². The summed E-state index contributed by atoms with van der Waals surface area (Å²) < 4.78 is 6.07. The fourth-order valence-electron chi connectivity index (χ4n) is 1.29. The first-order valence-electron chi connectivity index (χ1n) is 4.24. The van der Waals surface area contributed by atoms with Gasteiger partial charge in [0.1, 0.15) is 11.9 Å². The number of aliphatic hydroxyl groups is 1. The largest absolute Gasteiger partial charge is 0.466 e. The first kappa shape index (κ1) is 9.49. The van der Waals surface area contributed by atoms with Crippen molar-refractivity contribution in [3.63, 3.8) is 0 Å². The van der Waals surface area contributed by atoms with Gasteiger partial charge < -0.3 is 9.52 Å². The molecule has 0 bridgehead atoms. The summed E-state index contributed by atoms with van der Waals surface area (Å²) in [7, 11) is 0. The van der Waals surface area contributed by atoms with Crippen LogP contribution >= 0.6 is 15.9 Å². The summed E-state index contributed by atoms with van der Waals surface area (Å²) in [6.45, 7) is 0. The van der Waals surface area contributed by atoms with Crippen LogP contribution in [0.2, 0.25) is 0 Å². The lowest BCUT2D eigenvalue weighted by Crippen LogP contribution is -1.97. The highest BCUT2D eigenvalue weighted by atomic mass is 79.9. The lowest BCUT2D eigenvalue weighted by atomic mass is 10.1. The summed E-state index contributed by atoms with van der Waals surface area (Å²) in [5, 5.41) is 9.89. The van der Waals surface area contributed by atoms with E-state index in [1.807, 2.05) is 24.3 Å². The molecule has 1 heterocycles. The smallest absolute Gasteiger partial charge is 0.137 e. The highest BCUT2D eigenvalue weighted by Gasteiger charge is 2.12. The molecule has 0 fully saturated rings. The Labute approximate surface area is 90.3 Å². The summed E-state index contributed by atoms with van der Waals surface area (Å²) >= 11 is 3.35.